The maximum atomic E-state index is 13.5. The zero-order chi connectivity index (χ0) is 22.4. The van der Waals surface area contributed by atoms with E-state index in [4.69, 9.17) is 15.2 Å². The maximum Gasteiger partial charge on any atom is 0.241 e. The first-order valence-corrected chi connectivity index (χ1v) is 11.0. The van der Waals surface area contributed by atoms with Gasteiger partial charge in [-0.2, -0.15) is 4.98 Å². The minimum Gasteiger partial charge on any atom is -0.493 e. The van der Waals surface area contributed by atoms with Crippen molar-refractivity contribution in [3.8, 4) is 11.5 Å². The van der Waals surface area contributed by atoms with Gasteiger partial charge in [0, 0.05) is 22.2 Å². The quantitative estimate of drug-likeness (QED) is 0.562. The van der Waals surface area contributed by atoms with Crippen LogP contribution in [0.2, 0.25) is 0 Å². The monoisotopic (exact) mass is 495 g/mol. The predicted octanol–water partition coefficient (Wildman–Crippen LogP) is 4.06. The van der Waals surface area contributed by atoms with Crippen LogP contribution in [0.25, 0.3) is 0 Å². The number of benzene rings is 2. The van der Waals surface area contributed by atoms with Crippen molar-refractivity contribution >= 4 is 33.6 Å². The first kappa shape index (κ1) is 20.6. The molecule has 0 fully saturated rings. The summed E-state index contributed by atoms with van der Waals surface area (Å²) in [5.41, 5.74) is 9.44. The van der Waals surface area contributed by atoms with E-state index in [9.17, 15) is 4.79 Å². The summed E-state index contributed by atoms with van der Waals surface area (Å²) in [6.45, 7) is 0. The number of rotatable bonds is 4. The van der Waals surface area contributed by atoms with Crippen molar-refractivity contribution in [1.29, 1.82) is 0 Å². The third-order valence-electron chi connectivity index (χ3n) is 6.00. The van der Waals surface area contributed by atoms with Gasteiger partial charge in [-0.05, 0) is 47.7 Å². The van der Waals surface area contributed by atoms with E-state index in [1.165, 1.54) is 0 Å². The lowest BCUT2D eigenvalue weighted by Crippen LogP contribution is -2.33. The van der Waals surface area contributed by atoms with E-state index in [0.29, 0.717) is 35.9 Å². The molecular formula is C23H22BrN5O3. The Labute approximate surface area is 193 Å². The van der Waals surface area contributed by atoms with E-state index in [1.54, 1.807) is 18.9 Å². The number of halogens is 1. The van der Waals surface area contributed by atoms with Crippen molar-refractivity contribution in [2.24, 2.45) is 0 Å². The number of anilines is 2. The molecule has 0 bridgehead atoms. The van der Waals surface area contributed by atoms with Crippen LogP contribution in [-0.4, -0.2) is 34.8 Å². The fraction of sp³-hybridized carbons (Fsp3) is 0.261. The SMILES string of the molecule is COc1ccc([C@@H]2CC(=O)C3=C(C2)Nc2nc(N)nn2[C@@H]3c2ccc(Br)cc2)cc1OC. The number of nitrogens with one attached hydrogen (secondary N) is 1. The second-order valence-electron chi connectivity index (χ2n) is 7.85. The third-order valence-corrected chi connectivity index (χ3v) is 6.53. The maximum absolute atomic E-state index is 13.5. The van der Waals surface area contributed by atoms with Gasteiger partial charge in [0.15, 0.2) is 17.3 Å². The summed E-state index contributed by atoms with van der Waals surface area (Å²) in [4.78, 5) is 17.8. The van der Waals surface area contributed by atoms with E-state index in [-0.39, 0.29) is 23.7 Å². The van der Waals surface area contributed by atoms with Crippen molar-refractivity contribution in [3.05, 3.63) is 69.3 Å². The van der Waals surface area contributed by atoms with Gasteiger partial charge < -0.3 is 20.5 Å². The van der Waals surface area contributed by atoms with Gasteiger partial charge in [-0.15, -0.1) is 5.10 Å². The first-order chi connectivity index (χ1) is 15.5. The molecule has 1 aliphatic heterocycles. The summed E-state index contributed by atoms with van der Waals surface area (Å²) in [7, 11) is 3.21. The zero-order valence-electron chi connectivity index (χ0n) is 17.6. The van der Waals surface area contributed by atoms with Crippen molar-refractivity contribution < 1.29 is 14.3 Å². The molecule has 1 aliphatic carbocycles. The van der Waals surface area contributed by atoms with Crippen LogP contribution in [0.4, 0.5) is 11.9 Å². The number of carbonyl (C=O) groups is 1. The van der Waals surface area contributed by atoms with Crippen molar-refractivity contribution in [2.75, 3.05) is 25.3 Å². The topological polar surface area (TPSA) is 104 Å². The Morgan fingerprint density at radius 2 is 1.78 bits per heavy atom. The summed E-state index contributed by atoms with van der Waals surface area (Å²) < 4.78 is 13.5. The lowest BCUT2D eigenvalue weighted by atomic mass is 9.78. The highest BCUT2D eigenvalue weighted by molar-refractivity contribution is 9.10. The fourth-order valence-electron chi connectivity index (χ4n) is 4.52. The van der Waals surface area contributed by atoms with Crippen LogP contribution in [0, 0.1) is 0 Å². The lowest BCUT2D eigenvalue weighted by molar-refractivity contribution is -0.116. The minimum absolute atomic E-state index is 0.00550. The lowest BCUT2D eigenvalue weighted by Gasteiger charge is -2.35. The number of nitrogens with zero attached hydrogens (tertiary/aromatic N) is 3. The number of Topliss-reactive ketones (excluding diaryl/α,β-unsaturated/α-hetero) is 1. The zero-order valence-corrected chi connectivity index (χ0v) is 19.2. The number of methoxy groups -OCH3 is 2. The van der Waals surface area contributed by atoms with Gasteiger partial charge in [0.1, 0.15) is 6.04 Å². The Bertz CT molecular complexity index is 1230. The van der Waals surface area contributed by atoms with E-state index in [2.05, 4.69) is 31.3 Å². The Morgan fingerprint density at radius 1 is 1.06 bits per heavy atom. The van der Waals surface area contributed by atoms with Gasteiger partial charge in [-0.3, -0.25) is 4.79 Å². The number of fused-ring (bicyclic) bond motifs is 1. The van der Waals surface area contributed by atoms with Gasteiger partial charge in [0.25, 0.3) is 0 Å². The molecule has 2 heterocycles. The van der Waals surface area contributed by atoms with Crippen LogP contribution < -0.4 is 20.5 Å². The van der Waals surface area contributed by atoms with Gasteiger partial charge in [0.05, 0.1) is 14.2 Å². The third kappa shape index (κ3) is 3.42. The molecule has 3 N–H and O–H groups in total. The molecule has 8 nitrogen and oxygen atoms in total. The van der Waals surface area contributed by atoms with Crippen LogP contribution in [0.3, 0.4) is 0 Å². The number of nitrogen functional groups attached to an aromatic ring is 1. The molecule has 0 saturated carbocycles. The number of aromatic nitrogens is 3. The summed E-state index contributed by atoms with van der Waals surface area (Å²) in [6, 6.07) is 13.3. The number of allylic oxidation sites excluding steroid dienone is 2. The van der Waals surface area contributed by atoms with Crippen LogP contribution in [0.15, 0.2) is 58.2 Å². The minimum atomic E-state index is -0.377. The largest absolute Gasteiger partial charge is 0.493 e. The Morgan fingerprint density at radius 3 is 2.50 bits per heavy atom. The summed E-state index contributed by atoms with van der Waals surface area (Å²) in [6.07, 6.45) is 1.05. The molecule has 0 unspecified atom stereocenters. The molecule has 0 radical (unpaired) electrons. The summed E-state index contributed by atoms with van der Waals surface area (Å²) in [5, 5.41) is 7.68. The number of hydrogen-bond donors (Lipinski definition) is 2. The second kappa shape index (κ2) is 7.98. The van der Waals surface area contributed by atoms with E-state index >= 15 is 0 Å². The van der Waals surface area contributed by atoms with E-state index in [0.717, 1.165) is 21.3 Å². The number of carbonyl (C=O) groups excluding carboxylic acids is 1. The average Bonchev–Trinajstić information content (AvgIpc) is 3.17. The normalized spacial score (nSPS) is 19.8. The van der Waals surface area contributed by atoms with Crippen LogP contribution in [-0.2, 0) is 4.79 Å². The van der Waals surface area contributed by atoms with Crippen molar-refractivity contribution in [1.82, 2.24) is 14.8 Å². The highest BCUT2D eigenvalue weighted by Gasteiger charge is 2.39. The molecular weight excluding hydrogens is 474 g/mol. The molecule has 0 spiro atoms. The Kier molecular flexibility index (Phi) is 5.13. The van der Waals surface area contributed by atoms with Gasteiger partial charge >= 0.3 is 0 Å². The smallest absolute Gasteiger partial charge is 0.241 e. The molecule has 2 aromatic carbocycles. The average molecular weight is 496 g/mol. The Hall–Kier alpha value is -3.33. The molecule has 32 heavy (non-hydrogen) atoms. The van der Waals surface area contributed by atoms with E-state index in [1.807, 2.05) is 42.5 Å². The molecule has 2 aliphatic rings. The fourth-order valence-corrected chi connectivity index (χ4v) is 4.79. The van der Waals surface area contributed by atoms with Crippen LogP contribution in [0.1, 0.15) is 35.9 Å². The molecule has 0 saturated heterocycles. The standard InChI is InChI=1S/C23H22BrN5O3/c1-31-18-8-5-13(11-19(18)32-2)14-9-16-20(17(30)10-14)21(12-3-6-15(24)7-4-12)29-23(26-16)27-22(25)28-29/h3-8,11,14,21H,9-10H2,1-2H3,(H3,25,26,27,28)/t14-,21+/m0/s1. The summed E-state index contributed by atoms with van der Waals surface area (Å²) >= 11 is 3.48. The van der Waals surface area contributed by atoms with Gasteiger partial charge in [0.2, 0.25) is 11.9 Å². The number of nitrogens with two attached hydrogens (primary N) is 1. The molecule has 0 amide bonds. The van der Waals surface area contributed by atoms with Crippen LogP contribution in [0.5, 0.6) is 11.5 Å². The molecule has 9 heteroatoms. The number of ether oxygens (including phenoxy) is 2. The molecule has 5 rings (SSSR count). The molecule has 2 atom stereocenters. The van der Waals surface area contributed by atoms with E-state index < -0.39 is 0 Å². The number of ketones is 1. The summed E-state index contributed by atoms with van der Waals surface area (Å²) in [5.74, 6) is 2.09. The highest BCUT2D eigenvalue weighted by Crippen LogP contribution is 2.45. The van der Waals surface area contributed by atoms with Gasteiger partial charge in [-0.25, -0.2) is 4.68 Å². The highest BCUT2D eigenvalue weighted by atomic mass is 79.9. The van der Waals surface area contributed by atoms with Gasteiger partial charge in [-0.1, -0.05) is 34.1 Å². The van der Waals surface area contributed by atoms with Crippen molar-refractivity contribution in [3.63, 3.8) is 0 Å². The Balaban J connectivity index is 1.57. The van der Waals surface area contributed by atoms with Crippen molar-refractivity contribution in [2.45, 2.75) is 24.8 Å². The second-order valence-corrected chi connectivity index (χ2v) is 8.77. The number of hydrogen-bond acceptors (Lipinski definition) is 7. The first-order valence-electron chi connectivity index (χ1n) is 10.2. The molecule has 164 valence electrons. The molecule has 1 aromatic heterocycles. The molecule has 3 aromatic rings. The van der Waals surface area contributed by atoms with Crippen LogP contribution >= 0.6 is 15.9 Å². The predicted molar refractivity (Wildman–Crippen MR) is 124 cm³/mol.